The van der Waals surface area contributed by atoms with Gasteiger partial charge in [0.1, 0.15) is 0 Å². The Morgan fingerprint density at radius 3 is 2.56 bits per heavy atom. The lowest BCUT2D eigenvalue weighted by molar-refractivity contribution is 0.282. The number of fused-ring (bicyclic) bond motifs is 1. The van der Waals surface area contributed by atoms with Gasteiger partial charge in [0.25, 0.3) is 0 Å². The monoisotopic (exact) mass is 360 g/mol. The van der Waals surface area contributed by atoms with Crippen LogP contribution >= 0.6 is 0 Å². The van der Waals surface area contributed by atoms with Crippen molar-refractivity contribution in [2.24, 2.45) is 0 Å². The summed E-state index contributed by atoms with van der Waals surface area (Å²) in [5.41, 5.74) is 5.35. The molecule has 6 nitrogen and oxygen atoms in total. The van der Waals surface area contributed by atoms with Crippen LogP contribution in [-0.2, 0) is 13.0 Å². The molecule has 2 heterocycles. The molecule has 0 saturated carbocycles. The molecule has 0 aliphatic heterocycles. The van der Waals surface area contributed by atoms with Gasteiger partial charge in [-0.2, -0.15) is 9.61 Å². The van der Waals surface area contributed by atoms with E-state index in [1.807, 2.05) is 60.7 Å². The molecule has 0 saturated heterocycles. The van der Waals surface area contributed by atoms with Crippen LogP contribution in [0.15, 0.2) is 66.9 Å². The largest absolute Gasteiger partial charge is 0.396 e. The number of imidazole rings is 1. The molecule has 2 aromatic carbocycles. The zero-order valence-corrected chi connectivity index (χ0v) is 14.7. The lowest BCUT2D eigenvalue weighted by Crippen LogP contribution is -2.00. The van der Waals surface area contributed by atoms with Crippen LogP contribution in [0.25, 0.3) is 16.9 Å². The molecule has 0 bridgehead atoms. The molecular weight excluding hydrogens is 340 g/mol. The number of aliphatic hydroxyl groups is 2. The first kappa shape index (κ1) is 17.2. The molecule has 0 fully saturated rings. The fourth-order valence-electron chi connectivity index (χ4n) is 2.97. The lowest BCUT2D eigenvalue weighted by atomic mass is 10.1. The van der Waals surface area contributed by atoms with Crippen molar-refractivity contribution in [3.8, 4) is 11.3 Å². The molecule has 136 valence electrons. The van der Waals surface area contributed by atoms with E-state index in [1.165, 1.54) is 0 Å². The van der Waals surface area contributed by atoms with Crippen LogP contribution < -0.4 is 5.32 Å². The van der Waals surface area contributed by atoms with Gasteiger partial charge in [-0.1, -0.05) is 30.3 Å². The number of hydrogen-bond donors (Lipinski definition) is 3. The minimum absolute atomic E-state index is 0.000240. The van der Waals surface area contributed by atoms with Gasteiger partial charge < -0.3 is 15.5 Å². The van der Waals surface area contributed by atoms with Crippen LogP contribution in [0, 0.1) is 0 Å². The van der Waals surface area contributed by atoms with Crippen molar-refractivity contribution in [1.29, 1.82) is 0 Å². The van der Waals surface area contributed by atoms with Crippen molar-refractivity contribution < 1.29 is 10.2 Å². The van der Waals surface area contributed by atoms with Crippen molar-refractivity contribution in [2.45, 2.75) is 13.0 Å². The second kappa shape index (κ2) is 7.57. The van der Waals surface area contributed by atoms with Gasteiger partial charge in [-0.15, -0.1) is 0 Å². The average molecular weight is 360 g/mol. The highest BCUT2D eigenvalue weighted by Crippen LogP contribution is 2.22. The van der Waals surface area contributed by atoms with E-state index in [1.54, 1.807) is 10.7 Å². The van der Waals surface area contributed by atoms with Gasteiger partial charge >= 0.3 is 0 Å². The molecule has 4 rings (SSSR count). The van der Waals surface area contributed by atoms with Crippen LogP contribution in [0.5, 0.6) is 0 Å². The molecule has 0 atom stereocenters. The molecule has 27 heavy (non-hydrogen) atoms. The molecule has 0 amide bonds. The van der Waals surface area contributed by atoms with Gasteiger partial charge in [0.15, 0.2) is 11.5 Å². The predicted molar refractivity (Wildman–Crippen MR) is 105 cm³/mol. The highest BCUT2D eigenvalue weighted by molar-refractivity contribution is 5.64. The SMILES string of the molecule is OCCc1ccc(Nc2cnc3ccc(-c4cccc(CO)c4)nn23)cc1. The van der Waals surface area contributed by atoms with Crippen LogP contribution in [0.3, 0.4) is 0 Å². The number of aromatic nitrogens is 3. The number of hydrogen-bond acceptors (Lipinski definition) is 5. The lowest BCUT2D eigenvalue weighted by Gasteiger charge is -2.08. The van der Waals surface area contributed by atoms with Gasteiger partial charge in [-0.3, -0.25) is 0 Å². The van der Waals surface area contributed by atoms with E-state index in [2.05, 4.69) is 10.3 Å². The third-order valence-electron chi connectivity index (χ3n) is 4.39. The highest BCUT2D eigenvalue weighted by Gasteiger charge is 2.08. The highest BCUT2D eigenvalue weighted by atomic mass is 16.3. The van der Waals surface area contributed by atoms with Gasteiger partial charge in [-0.25, -0.2) is 4.98 Å². The number of benzene rings is 2. The van der Waals surface area contributed by atoms with Gasteiger partial charge in [0.05, 0.1) is 18.5 Å². The number of rotatable bonds is 6. The van der Waals surface area contributed by atoms with E-state index in [0.29, 0.717) is 6.42 Å². The van der Waals surface area contributed by atoms with E-state index < -0.39 is 0 Å². The number of anilines is 2. The fourth-order valence-corrected chi connectivity index (χ4v) is 2.97. The number of nitrogens with one attached hydrogen (secondary N) is 1. The Labute approximate surface area is 156 Å². The third kappa shape index (κ3) is 3.67. The summed E-state index contributed by atoms with van der Waals surface area (Å²) in [5, 5.41) is 26.4. The van der Waals surface area contributed by atoms with Gasteiger partial charge in [0, 0.05) is 17.9 Å². The van der Waals surface area contributed by atoms with Crippen molar-refractivity contribution in [1.82, 2.24) is 14.6 Å². The Morgan fingerprint density at radius 2 is 1.78 bits per heavy atom. The summed E-state index contributed by atoms with van der Waals surface area (Å²) in [7, 11) is 0. The molecule has 0 spiro atoms. The summed E-state index contributed by atoms with van der Waals surface area (Å²) >= 11 is 0. The number of aliphatic hydroxyl groups excluding tert-OH is 2. The van der Waals surface area contributed by atoms with Crippen molar-refractivity contribution in [3.63, 3.8) is 0 Å². The molecule has 0 unspecified atom stereocenters. The first-order valence-corrected chi connectivity index (χ1v) is 8.78. The number of nitrogens with zero attached hydrogens (tertiary/aromatic N) is 3. The predicted octanol–water partition coefficient (Wildman–Crippen LogP) is 3.17. The Morgan fingerprint density at radius 1 is 0.926 bits per heavy atom. The summed E-state index contributed by atoms with van der Waals surface area (Å²) in [6.45, 7) is 0.143. The molecule has 0 aliphatic carbocycles. The standard InChI is InChI=1S/C21H20N4O2/c26-11-10-15-4-6-18(7-5-15)23-21-13-22-20-9-8-19(24-25(20)21)17-3-1-2-16(12-17)14-27/h1-9,12-13,23,26-27H,10-11,14H2. The normalized spacial score (nSPS) is 11.0. The van der Waals surface area contributed by atoms with Crippen LogP contribution in [0.4, 0.5) is 11.5 Å². The van der Waals surface area contributed by atoms with E-state index in [0.717, 1.165) is 39.5 Å². The van der Waals surface area contributed by atoms with E-state index in [9.17, 15) is 5.11 Å². The summed E-state index contributed by atoms with van der Waals surface area (Å²) in [4.78, 5) is 4.40. The zero-order chi connectivity index (χ0) is 18.6. The maximum Gasteiger partial charge on any atom is 0.155 e. The van der Waals surface area contributed by atoms with Crippen molar-refractivity contribution in [3.05, 3.63) is 78.0 Å². The minimum atomic E-state index is 0.000240. The molecule has 2 aromatic heterocycles. The molecule has 6 heteroatoms. The average Bonchev–Trinajstić information content (AvgIpc) is 3.12. The second-order valence-corrected chi connectivity index (χ2v) is 6.29. The summed E-state index contributed by atoms with van der Waals surface area (Å²) in [5.74, 6) is 0.764. The molecular formula is C21H20N4O2. The maximum absolute atomic E-state index is 9.35. The van der Waals surface area contributed by atoms with Crippen molar-refractivity contribution in [2.75, 3.05) is 11.9 Å². The Bertz CT molecular complexity index is 1060. The van der Waals surface area contributed by atoms with Crippen LogP contribution in [0.2, 0.25) is 0 Å². The quantitative estimate of drug-likeness (QED) is 0.492. The Balaban J connectivity index is 1.65. The first-order chi connectivity index (χ1) is 13.3. The van der Waals surface area contributed by atoms with E-state index in [-0.39, 0.29) is 13.2 Å². The summed E-state index contributed by atoms with van der Waals surface area (Å²) < 4.78 is 1.77. The van der Waals surface area contributed by atoms with Gasteiger partial charge in [-0.05, 0) is 47.9 Å². The smallest absolute Gasteiger partial charge is 0.155 e. The van der Waals surface area contributed by atoms with Crippen LogP contribution in [-0.4, -0.2) is 31.4 Å². The topological polar surface area (TPSA) is 82.7 Å². The van der Waals surface area contributed by atoms with Crippen LogP contribution in [0.1, 0.15) is 11.1 Å². The Kier molecular flexibility index (Phi) is 4.82. The van der Waals surface area contributed by atoms with E-state index >= 15 is 0 Å². The first-order valence-electron chi connectivity index (χ1n) is 8.78. The molecule has 4 aromatic rings. The Hall–Kier alpha value is -3.22. The zero-order valence-electron chi connectivity index (χ0n) is 14.7. The molecule has 0 radical (unpaired) electrons. The van der Waals surface area contributed by atoms with Crippen molar-refractivity contribution >= 4 is 17.2 Å². The summed E-state index contributed by atoms with van der Waals surface area (Å²) in [6, 6.07) is 19.4. The van der Waals surface area contributed by atoms with E-state index in [4.69, 9.17) is 10.2 Å². The second-order valence-electron chi connectivity index (χ2n) is 6.29. The minimum Gasteiger partial charge on any atom is -0.396 e. The maximum atomic E-state index is 9.35. The summed E-state index contributed by atoms with van der Waals surface area (Å²) in [6.07, 6.45) is 2.39. The van der Waals surface area contributed by atoms with Gasteiger partial charge in [0.2, 0.25) is 0 Å². The fraction of sp³-hybridized carbons (Fsp3) is 0.143. The third-order valence-corrected chi connectivity index (χ3v) is 4.39. The molecule has 3 N–H and O–H groups in total. The molecule has 0 aliphatic rings.